The molecule has 0 aliphatic heterocycles. The zero-order valence-electron chi connectivity index (χ0n) is 11.8. The largest absolute Gasteiger partial charge is 0.478 e. The molecule has 0 spiro atoms. The second-order valence-electron chi connectivity index (χ2n) is 5.69. The summed E-state index contributed by atoms with van der Waals surface area (Å²) in [5.41, 5.74) is 2.23. The first kappa shape index (κ1) is 13.2. The maximum atomic E-state index is 11.1. The lowest BCUT2D eigenvalue weighted by molar-refractivity contribution is 0.0697. The highest BCUT2D eigenvalue weighted by Gasteiger charge is 2.21. The number of carboxylic acids is 1. The molecule has 4 nitrogen and oxygen atoms in total. The Hall–Kier alpha value is -1.84. The van der Waals surface area contributed by atoms with Gasteiger partial charge in [-0.2, -0.15) is 0 Å². The summed E-state index contributed by atoms with van der Waals surface area (Å²) in [5, 5.41) is 9.15. The fourth-order valence-electron chi connectivity index (χ4n) is 2.86. The van der Waals surface area contributed by atoms with E-state index in [-0.39, 0.29) is 0 Å². The molecule has 0 saturated heterocycles. The second-order valence-corrected chi connectivity index (χ2v) is 5.69. The van der Waals surface area contributed by atoms with E-state index in [1.54, 1.807) is 12.1 Å². The molecule has 1 heterocycles. The summed E-state index contributed by atoms with van der Waals surface area (Å²) in [6.07, 6.45) is 5.89. The number of fused-ring (bicyclic) bond motifs is 1. The fourth-order valence-corrected chi connectivity index (χ4v) is 2.86. The average Bonchev–Trinajstić information content (AvgIpc) is 2.71. The van der Waals surface area contributed by atoms with E-state index < -0.39 is 5.97 Å². The van der Waals surface area contributed by atoms with Crippen LogP contribution < -0.4 is 0 Å². The van der Waals surface area contributed by atoms with E-state index in [4.69, 9.17) is 5.11 Å². The van der Waals surface area contributed by atoms with Crippen molar-refractivity contribution in [2.45, 2.75) is 45.6 Å². The molecule has 0 radical (unpaired) electrons. The van der Waals surface area contributed by atoms with Gasteiger partial charge < -0.3 is 9.67 Å². The van der Waals surface area contributed by atoms with E-state index >= 15 is 0 Å². The van der Waals surface area contributed by atoms with E-state index in [1.165, 1.54) is 19.3 Å². The van der Waals surface area contributed by atoms with Gasteiger partial charge in [0.1, 0.15) is 5.82 Å². The van der Waals surface area contributed by atoms with Gasteiger partial charge in [-0.25, -0.2) is 9.78 Å². The van der Waals surface area contributed by atoms with Gasteiger partial charge in [-0.1, -0.05) is 13.3 Å². The van der Waals surface area contributed by atoms with Crippen LogP contribution in [0.15, 0.2) is 18.2 Å². The first-order valence-electron chi connectivity index (χ1n) is 7.41. The van der Waals surface area contributed by atoms with Crippen molar-refractivity contribution in [3.63, 3.8) is 0 Å². The van der Waals surface area contributed by atoms with Gasteiger partial charge in [0.2, 0.25) is 0 Å². The number of imidazole rings is 1. The van der Waals surface area contributed by atoms with Crippen LogP contribution >= 0.6 is 0 Å². The number of aryl methyl sites for hydroxylation is 1. The highest BCUT2D eigenvalue weighted by molar-refractivity contribution is 5.92. The van der Waals surface area contributed by atoms with Crippen LogP contribution in [0.4, 0.5) is 0 Å². The molecule has 1 aromatic carbocycles. The number of aromatic nitrogens is 2. The third-order valence-corrected chi connectivity index (χ3v) is 4.21. The number of carbonyl (C=O) groups is 1. The molecule has 1 N–H and O–H groups in total. The summed E-state index contributed by atoms with van der Waals surface area (Å²) in [6, 6.07) is 5.23. The van der Waals surface area contributed by atoms with Crippen LogP contribution in [-0.2, 0) is 13.0 Å². The predicted octanol–water partition coefficient (Wildman–Crippen LogP) is 3.49. The van der Waals surface area contributed by atoms with Crippen LogP contribution in [0, 0.1) is 5.92 Å². The summed E-state index contributed by atoms with van der Waals surface area (Å²) >= 11 is 0. The molecule has 0 unspecified atom stereocenters. The van der Waals surface area contributed by atoms with Gasteiger partial charge in [-0.05, 0) is 43.4 Å². The Morgan fingerprint density at radius 1 is 1.45 bits per heavy atom. The highest BCUT2D eigenvalue weighted by atomic mass is 16.4. The molecule has 1 aliphatic rings. The maximum absolute atomic E-state index is 11.1. The van der Waals surface area contributed by atoms with Crippen molar-refractivity contribution in [3.8, 4) is 0 Å². The number of aromatic carboxylic acids is 1. The highest BCUT2D eigenvalue weighted by Crippen LogP contribution is 2.30. The summed E-state index contributed by atoms with van der Waals surface area (Å²) in [6.45, 7) is 3.13. The lowest BCUT2D eigenvalue weighted by Crippen LogP contribution is -2.19. The van der Waals surface area contributed by atoms with Crippen LogP contribution in [0.2, 0.25) is 0 Å². The van der Waals surface area contributed by atoms with Crippen molar-refractivity contribution in [2.75, 3.05) is 0 Å². The van der Waals surface area contributed by atoms with Gasteiger partial charge in [0.15, 0.2) is 0 Å². The lowest BCUT2D eigenvalue weighted by Gasteiger charge is -2.26. The predicted molar refractivity (Wildman–Crippen MR) is 78.0 cm³/mol. The lowest BCUT2D eigenvalue weighted by atomic mass is 9.85. The Morgan fingerprint density at radius 2 is 2.25 bits per heavy atom. The Balaban J connectivity index is 2.06. The van der Waals surface area contributed by atoms with Crippen LogP contribution in [0.25, 0.3) is 11.0 Å². The number of nitrogens with zero attached hydrogens (tertiary/aromatic N) is 2. The van der Waals surface area contributed by atoms with Gasteiger partial charge in [0.25, 0.3) is 0 Å². The monoisotopic (exact) mass is 272 g/mol. The Labute approximate surface area is 118 Å². The molecule has 1 aliphatic carbocycles. The molecule has 0 amide bonds. The third-order valence-electron chi connectivity index (χ3n) is 4.21. The molecule has 1 aromatic heterocycles. The van der Waals surface area contributed by atoms with E-state index in [1.807, 2.05) is 6.07 Å². The minimum Gasteiger partial charge on any atom is -0.478 e. The van der Waals surface area contributed by atoms with Gasteiger partial charge in [0, 0.05) is 13.0 Å². The Bertz CT molecular complexity index is 641. The zero-order valence-corrected chi connectivity index (χ0v) is 11.8. The molecule has 20 heavy (non-hydrogen) atoms. The summed E-state index contributed by atoms with van der Waals surface area (Å²) in [7, 11) is 0. The summed E-state index contributed by atoms with van der Waals surface area (Å²) in [5.74, 6) is 0.953. The average molecular weight is 272 g/mol. The zero-order chi connectivity index (χ0) is 14.1. The van der Waals surface area contributed by atoms with Gasteiger partial charge in [0.05, 0.1) is 16.6 Å². The first-order chi connectivity index (χ1) is 9.69. The SMILES string of the molecule is CCCc1nc2ccc(C(=O)O)cc2n1CC1CCC1. The number of benzene rings is 1. The number of hydrogen-bond donors (Lipinski definition) is 1. The Morgan fingerprint density at radius 3 is 2.85 bits per heavy atom. The molecular weight excluding hydrogens is 252 g/mol. The normalized spacial score (nSPS) is 15.4. The topological polar surface area (TPSA) is 55.1 Å². The van der Waals surface area contributed by atoms with Crippen molar-refractivity contribution in [1.29, 1.82) is 0 Å². The number of rotatable bonds is 5. The summed E-state index contributed by atoms with van der Waals surface area (Å²) < 4.78 is 2.25. The van der Waals surface area contributed by atoms with E-state index in [0.717, 1.165) is 42.2 Å². The first-order valence-corrected chi connectivity index (χ1v) is 7.41. The summed E-state index contributed by atoms with van der Waals surface area (Å²) in [4.78, 5) is 15.8. The molecule has 0 atom stereocenters. The fraction of sp³-hybridized carbons (Fsp3) is 0.500. The van der Waals surface area contributed by atoms with Gasteiger partial charge in [-0.3, -0.25) is 0 Å². The molecule has 1 saturated carbocycles. The van der Waals surface area contributed by atoms with Crippen LogP contribution in [0.5, 0.6) is 0 Å². The van der Waals surface area contributed by atoms with Gasteiger partial charge >= 0.3 is 5.97 Å². The molecular formula is C16H20N2O2. The standard InChI is InChI=1S/C16H20N2O2/c1-2-4-15-17-13-8-7-12(16(19)20)9-14(13)18(15)10-11-5-3-6-11/h7-9,11H,2-6,10H2,1H3,(H,19,20). The molecule has 1 fully saturated rings. The molecule has 2 aromatic rings. The van der Waals surface area contributed by atoms with E-state index in [2.05, 4.69) is 16.5 Å². The molecule has 0 bridgehead atoms. The van der Waals surface area contributed by atoms with Crippen molar-refractivity contribution in [1.82, 2.24) is 9.55 Å². The van der Waals surface area contributed by atoms with Crippen molar-refractivity contribution < 1.29 is 9.90 Å². The van der Waals surface area contributed by atoms with Crippen molar-refractivity contribution in [3.05, 3.63) is 29.6 Å². The van der Waals surface area contributed by atoms with Crippen molar-refractivity contribution in [2.24, 2.45) is 5.92 Å². The Kier molecular flexibility index (Phi) is 3.47. The smallest absolute Gasteiger partial charge is 0.335 e. The van der Waals surface area contributed by atoms with Crippen molar-refractivity contribution >= 4 is 17.0 Å². The molecule has 3 rings (SSSR count). The quantitative estimate of drug-likeness (QED) is 0.906. The van der Waals surface area contributed by atoms with Gasteiger partial charge in [-0.15, -0.1) is 0 Å². The number of carboxylic acid groups (broad SMARTS) is 1. The minimum absolute atomic E-state index is 0.343. The maximum Gasteiger partial charge on any atom is 0.335 e. The molecule has 106 valence electrons. The molecule has 4 heteroatoms. The minimum atomic E-state index is -0.875. The second kappa shape index (κ2) is 5.27. The van der Waals surface area contributed by atoms with E-state index in [0.29, 0.717) is 5.56 Å². The van der Waals surface area contributed by atoms with E-state index in [9.17, 15) is 4.79 Å². The van der Waals surface area contributed by atoms with Crippen LogP contribution in [0.1, 0.15) is 48.8 Å². The van der Waals surface area contributed by atoms with Crippen LogP contribution in [-0.4, -0.2) is 20.6 Å². The third kappa shape index (κ3) is 2.30. The number of hydrogen-bond acceptors (Lipinski definition) is 2. The van der Waals surface area contributed by atoms with Crippen LogP contribution in [0.3, 0.4) is 0 Å².